The zero-order valence-electron chi connectivity index (χ0n) is 13.7. The SMILES string of the molecule is CCN(Cc1ccoc1)S(=O)(=O)c1cc(OC)c(OC)cc1C. The average molecular weight is 339 g/mol. The zero-order valence-corrected chi connectivity index (χ0v) is 14.5. The van der Waals surface area contributed by atoms with Crippen molar-refractivity contribution in [2.45, 2.75) is 25.3 Å². The van der Waals surface area contributed by atoms with E-state index in [-0.39, 0.29) is 11.4 Å². The number of benzene rings is 1. The Morgan fingerprint density at radius 2 is 1.83 bits per heavy atom. The van der Waals surface area contributed by atoms with E-state index < -0.39 is 10.0 Å². The highest BCUT2D eigenvalue weighted by Gasteiger charge is 2.27. The normalized spacial score (nSPS) is 11.7. The first-order chi connectivity index (χ1) is 10.9. The molecule has 0 unspecified atom stereocenters. The third-order valence-electron chi connectivity index (χ3n) is 3.59. The number of sulfonamides is 1. The highest BCUT2D eigenvalue weighted by Crippen LogP contribution is 2.33. The predicted octanol–water partition coefficient (Wildman–Crippen LogP) is 2.82. The summed E-state index contributed by atoms with van der Waals surface area (Å²) >= 11 is 0. The Balaban J connectivity index is 2.45. The van der Waals surface area contributed by atoms with Crippen molar-refractivity contribution in [2.24, 2.45) is 0 Å². The highest BCUT2D eigenvalue weighted by molar-refractivity contribution is 7.89. The van der Waals surface area contributed by atoms with Crippen LogP contribution in [0.15, 0.2) is 40.0 Å². The van der Waals surface area contributed by atoms with Crippen molar-refractivity contribution >= 4 is 10.0 Å². The fraction of sp³-hybridized carbons (Fsp3) is 0.375. The van der Waals surface area contributed by atoms with Gasteiger partial charge in [0, 0.05) is 24.7 Å². The van der Waals surface area contributed by atoms with E-state index in [4.69, 9.17) is 13.9 Å². The average Bonchev–Trinajstić information content (AvgIpc) is 3.04. The van der Waals surface area contributed by atoms with Crippen LogP contribution < -0.4 is 9.47 Å². The van der Waals surface area contributed by atoms with E-state index in [1.54, 1.807) is 32.2 Å². The summed E-state index contributed by atoms with van der Waals surface area (Å²) in [5, 5.41) is 0. The van der Waals surface area contributed by atoms with Crippen molar-refractivity contribution in [2.75, 3.05) is 20.8 Å². The highest BCUT2D eigenvalue weighted by atomic mass is 32.2. The first-order valence-electron chi connectivity index (χ1n) is 7.17. The molecule has 1 aromatic heterocycles. The van der Waals surface area contributed by atoms with E-state index in [0.717, 1.165) is 5.56 Å². The molecule has 1 aromatic carbocycles. The van der Waals surface area contributed by atoms with Gasteiger partial charge in [0.25, 0.3) is 0 Å². The topological polar surface area (TPSA) is 69.0 Å². The van der Waals surface area contributed by atoms with Gasteiger partial charge in [0.05, 0.1) is 31.6 Å². The summed E-state index contributed by atoms with van der Waals surface area (Å²) in [7, 11) is -0.664. The van der Waals surface area contributed by atoms with E-state index in [1.807, 2.05) is 0 Å². The molecule has 0 atom stereocenters. The van der Waals surface area contributed by atoms with Gasteiger partial charge < -0.3 is 13.9 Å². The summed E-state index contributed by atoms with van der Waals surface area (Å²) in [4.78, 5) is 0.209. The number of nitrogens with zero attached hydrogens (tertiary/aromatic N) is 1. The second kappa shape index (κ2) is 7.06. The van der Waals surface area contributed by atoms with Crippen molar-refractivity contribution in [1.29, 1.82) is 0 Å². The predicted molar refractivity (Wildman–Crippen MR) is 86.3 cm³/mol. The maximum absolute atomic E-state index is 13.0. The Labute approximate surface area is 136 Å². The molecule has 0 N–H and O–H groups in total. The third kappa shape index (κ3) is 3.51. The molecule has 0 saturated heterocycles. The number of aryl methyl sites for hydroxylation is 1. The lowest BCUT2D eigenvalue weighted by Crippen LogP contribution is -2.30. The molecule has 0 saturated carbocycles. The molecule has 2 rings (SSSR count). The molecule has 0 fully saturated rings. The van der Waals surface area contributed by atoms with Gasteiger partial charge in [0.1, 0.15) is 0 Å². The summed E-state index contributed by atoms with van der Waals surface area (Å²) in [5.74, 6) is 0.887. The molecule has 0 aliphatic carbocycles. The van der Waals surface area contributed by atoms with Gasteiger partial charge in [-0.2, -0.15) is 4.31 Å². The molecule has 7 heteroatoms. The minimum absolute atomic E-state index is 0.209. The number of methoxy groups -OCH3 is 2. The summed E-state index contributed by atoms with van der Waals surface area (Å²) in [5.41, 5.74) is 1.40. The van der Waals surface area contributed by atoms with E-state index in [9.17, 15) is 8.42 Å². The first kappa shape index (κ1) is 17.4. The van der Waals surface area contributed by atoms with Gasteiger partial charge in [-0.05, 0) is 24.6 Å². The third-order valence-corrected chi connectivity index (χ3v) is 5.65. The molecule has 0 aliphatic heterocycles. The second-order valence-electron chi connectivity index (χ2n) is 5.04. The second-order valence-corrected chi connectivity index (χ2v) is 6.94. The van der Waals surface area contributed by atoms with Gasteiger partial charge >= 0.3 is 0 Å². The standard InChI is InChI=1S/C16H21NO5S/c1-5-17(10-13-6-7-22-11-13)23(18,19)16-9-15(21-4)14(20-3)8-12(16)2/h6-9,11H,5,10H2,1-4H3. The number of hydrogen-bond acceptors (Lipinski definition) is 5. The molecule has 0 radical (unpaired) electrons. The largest absolute Gasteiger partial charge is 0.493 e. The molecule has 0 spiro atoms. The van der Waals surface area contributed by atoms with Crippen molar-refractivity contribution in [3.05, 3.63) is 41.9 Å². The van der Waals surface area contributed by atoms with Crippen LogP contribution in [-0.4, -0.2) is 33.5 Å². The monoisotopic (exact) mass is 339 g/mol. The molecule has 6 nitrogen and oxygen atoms in total. The van der Waals surface area contributed by atoms with Crippen molar-refractivity contribution in [1.82, 2.24) is 4.31 Å². The van der Waals surface area contributed by atoms with Gasteiger partial charge in [-0.25, -0.2) is 8.42 Å². The molecule has 1 heterocycles. The van der Waals surface area contributed by atoms with Crippen LogP contribution in [0.25, 0.3) is 0 Å². The Morgan fingerprint density at radius 3 is 2.35 bits per heavy atom. The molecule has 0 aliphatic rings. The maximum atomic E-state index is 13.0. The zero-order chi connectivity index (χ0) is 17.0. The molecule has 2 aromatic rings. The lowest BCUT2D eigenvalue weighted by Gasteiger charge is -2.22. The molecule has 0 amide bonds. The minimum atomic E-state index is -3.66. The number of hydrogen-bond donors (Lipinski definition) is 0. The first-order valence-corrected chi connectivity index (χ1v) is 8.61. The molecular formula is C16H21NO5S. The summed E-state index contributed by atoms with van der Waals surface area (Å²) in [6.45, 7) is 4.14. The van der Waals surface area contributed by atoms with E-state index in [1.165, 1.54) is 30.9 Å². The molecule has 126 valence electrons. The lowest BCUT2D eigenvalue weighted by molar-refractivity contribution is 0.353. The van der Waals surface area contributed by atoms with Crippen LogP contribution in [0.2, 0.25) is 0 Å². The molecular weight excluding hydrogens is 318 g/mol. The summed E-state index contributed by atoms with van der Waals surface area (Å²) in [6.07, 6.45) is 3.07. The minimum Gasteiger partial charge on any atom is -0.493 e. The van der Waals surface area contributed by atoms with Crippen LogP contribution in [-0.2, 0) is 16.6 Å². The van der Waals surface area contributed by atoms with Gasteiger partial charge in [0.15, 0.2) is 11.5 Å². The van der Waals surface area contributed by atoms with Gasteiger partial charge in [-0.15, -0.1) is 0 Å². The quantitative estimate of drug-likeness (QED) is 0.776. The summed E-state index contributed by atoms with van der Waals surface area (Å²) < 4.78 is 42.8. The summed E-state index contributed by atoms with van der Waals surface area (Å²) in [6, 6.07) is 4.92. The van der Waals surface area contributed by atoms with E-state index >= 15 is 0 Å². The van der Waals surface area contributed by atoms with Crippen molar-refractivity contribution < 1.29 is 22.3 Å². The maximum Gasteiger partial charge on any atom is 0.243 e. The van der Waals surface area contributed by atoms with Crippen molar-refractivity contribution in [3.63, 3.8) is 0 Å². The van der Waals surface area contributed by atoms with Gasteiger partial charge in [-0.1, -0.05) is 6.92 Å². The fourth-order valence-electron chi connectivity index (χ4n) is 2.33. The van der Waals surface area contributed by atoms with Crippen LogP contribution in [0.1, 0.15) is 18.1 Å². The number of rotatable bonds is 7. The molecule has 0 bridgehead atoms. The Bertz CT molecular complexity index is 753. The van der Waals surface area contributed by atoms with Crippen LogP contribution in [0.5, 0.6) is 11.5 Å². The van der Waals surface area contributed by atoms with Crippen LogP contribution in [0.4, 0.5) is 0 Å². The Kier molecular flexibility index (Phi) is 5.33. The smallest absolute Gasteiger partial charge is 0.243 e. The number of furan rings is 1. The van der Waals surface area contributed by atoms with Gasteiger partial charge in [-0.3, -0.25) is 0 Å². The van der Waals surface area contributed by atoms with Gasteiger partial charge in [0.2, 0.25) is 10.0 Å². The number of ether oxygens (including phenoxy) is 2. The fourth-order valence-corrected chi connectivity index (χ4v) is 3.99. The van der Waals surface area contributed by atoms with Crippen LogP contribution in [0, 0.1) is 6.92 Å². The van der Waals surface area contributed by atoms with Crippen LogP contribution in [0.3, 0.4) is 0 Å². The lowest BCUT2D eigenvalue weighted by atomic mass is 10.2. The van der Waals surface area contributed by atoms with E-state index in [2.05, 4.69) is 0 Å². The van der Waals surface area contributed by atoms with Crippen molar-refractivity contribution in [3.8, 4) is 11.5 Å². The van der Waals surface area contributed by atoms with Crippen LogP contribution >= 0.6 is 0 Å². The Morgan fingerprint density at radius 1 is 1.17 bits per heavy atom. The molecule has 23 heavy (non-hydrogen) atoms. The van der Waals surface area contributed by atoms with E-state index in [0.29, 0.717) is 23.6 Å². The Hall–Kier alpha value is -1.99.